The van der Waals surface area contributed by atoms with Crippen molar-refractivity contribution in [1.29, 1.82) is 0 Å². The first-order chi connectivity index (χ1) is 9.69. The number of esters is 1. The Morgan fingerprint density at radius 3 is 2.90 bits per heavy atom. The molecule has 0 atom stereocenters. The molecule has 0 bridgehead atoms. The Kier molecular flexibility index (Phi) is 3.08. The van der Waals surface area contributed by atoms with Crippen LogP contribution in [0.2, 0.25) is 0 Å². The molecule has 0 aliphatic rings. The second kappa shape index (κ2) is 4.90. The van der Waals surface area contributed by atoms with Crippen LogP contribution in [-0.2, 0) is 4.74 Å². The first-order valence-electron chi connectivity index (χ1n) is 5.85. The molecule has 6 heteroatoms. The van der Waals surface area contributed by atoms with Gasteiger partial charge in [-0.05, 0) is 29.6 Å². The van der Waals surface area contributed by atoms with Crippen LogP contribution in [0.5, 0.6) is 0 Å². The van der Waals surface area contributed by atoms with Crippen LogP contribution in [0.1, 0.15) is 10.4 Å². The number of methoxy groups -OCH3 is 1. The number of rotatable bonds is 2. The molecule has 3 aromatic rings. The highest BCUT2D eigenvalue weighted by molar-refractivity contribution is 7.13. The van der Waals surface area contributed by atoms with Gasteiger partial charge in [-0.2, -0.15) is 0 Å². The van der Waals surface area contributed by atoms with Crippen molar-refractivity contribution >= 4 is 28.3 Å². The van der Waals surface area contributed by atoms with Gasteiger partial charge in [0.25, 0.3) is 5.56 Å². The summed E-state index contributed by atoms with van der Waals surface area (Å²) in [5.41, 5.74) is 1.65. The lowest BCUT2D eigenvalue weighted by Crippen LogP contribution is -2.11. The molecule has 1 aromatic carbocycles. The van der Waals surface area contributed by atoms with E-state index in [1.54, 1.807) is 18.2 Å². The van der Waals surface area contributed by atoms with Crippen molar-refractivity contribution < 1.29 is 9.53 Å². The fourth-order valence-corrected chi connectivity index (χ4v) is 2.62. The van der Waals surface area contributed by atoms with Gasteiger partial charge in [0.1, 0.15) is 5.69 Å². The summed E-state index contributed by atoms with van der Waals surface area (Å²) in [6, 6.07) is 8.54. The molecule has 2 heterocycles. The maximum atomic E-state index is 12.0. The third kappa shape index (κ3) is 2.10. The zero-order chi connectivity index (χ0) is 14.1. The predicted octanol–water partition coefficient (Wildman–Crippen LogP) is 2.44. The second-order valence-electron chi connectivity index (χ2n) is 4.12. The number of nitrogens with zero attached hydrogens (tertiary/aromatic N) is 1. The number of ether oxygens (including phenoxy) is 1. The number of carbonyl (C=O) groups is 1. The number of fused-ring (bicyclic) bond motifs is 1. The standard InChI is InChI=1S/C14H10N2O3S/c1-19-14(18)8-4-5-9-10(7-8)15-12(13(17)16-9)11-3-2-6-20-11/h2-7H,1H3,(H,16,17). The van der Waals surface area contributed by atoms with Gasteiger partial charge in [0.05, 0.1) is 28.6 Å². The average molecular weight is 286 g/mol. The molecule has 3 rings (SSSR count). The number of thiophene rings is 1. The molecule has 5 nitrogen and oxygen atoms in total. The van der Waals surface area contributed by atoms with Crippen LogP contribution >= 0.6 is 11.3 Å². The van der Waals surface area contributed by atoms with Crippen molar-refractivity contribution in [3.8, 4) is 10.6 Å². The number of nitrogens with one attached hydrogen (secondary N) is 1. The lowest BCUT2D eigenvalue weighted by Gasteiger charge is -2.03. The van der Waals surface area contributed by atoms with Gasteiger partial charge in [0.15, 0.2) is 0 Å². The summed E-state index contributed by atoms with van der Waals surface area (Å²) in [4.78, 5) is 31.4. The van der Waals surface area contributed by atoms with Crippen LogP contribution in [0.3, 0.4) is 0 Å². The molecule has 20 heavy (non-hydrogen) atoms. The van der Waals surface area contributed by atoms with Gasteiger partial charge in [-0.1, -0.05) is 6.07 Å². The van der Waals surface area contributed by atoms with Crippen LogP contribution in [0, 0.1) is 0 Å². The summed E-state index contributed by atoms with van der Waals surface area (Å²) in [6.07, 6.45) is 0. The van der Waals surface area contributed by atoms with Gasteiger partial charge in [0.2, 0.25) is 0 Å². The van der Waals surface area contributed by atoms with E-state index < -0.39 is 5.97 Å². The monoisotopic (exact) mass is 286 g/mol. The van der Waals surface area contributed by atoms with E-state index in [0.29, 0.717) is 22.3 Å². The molecule has 100 valence electrons. The van der Waals surface area contributed by atoms with Gasteiger partial charge in [-0.15, -0.1) is 11.3 Å². The van der Waals surface area contributed by atoms with Gasteiger partial charge in [-0.25, -0.2) is 9.78 Å². The van der Waals surface area contributed by atoms with Crippen molar-refractivity contribution in [2.24, 2.45) is 0 Å². The largest absolute Gasteiger partial charge is 0.465 e. The van der Waals surface area contributed by atoms with Crippen LogP contribution in [0.4, 0.5) is 0 Å². The number of aromatic amines is 1. The number of hydrogen-bond donors (Lipinski definition) is 1. The van der Waals surface area contributed by atoms with Crippen LogP contribution < -0.4 is 5.56 Å². The lowest BCUT2D eigenvalue weighted by atomic mass is 10.2. The molecule has 0 amide bonds. The molecule has 0 fully saturated rings. The van der Waals surface area contributed by atoms with Gasteiger partial charge >= 0.3 is 5.97 Å². The summed E-state index contributed by atoms with van der Waals surface area (Å²) in [5, 5.41) is 1.88. The van der Waals surface area contributed by atoms with E-state index in [1.165, 1.54) is 18.4 Å². The molecular formula is C14H10N2O3S. The van der Waals surface area contributed by atoms with Crippen molar-refractivity contribution in [2.45, 2.75) is 0 Å². The first kappa shape index (κ1) is 12.6. The fraction of sp³-hybridized carbons (Fsp3) is 0.0714. The molecule has 0 radical (unpaired) electrons. The highest BCUT2D eigenvalue weighted by Crippen LogP contribution is 2.21. The Labute approximate surface area is 117 Å². The third-order valence-electron chi connectivity index (χ3n) is 2.87. The Morgan fingerprint density at radius 1 is 1.35 bits per heavy atom. The molecule has 0 aliphatic heterocycles. The molecule has 0 unspecified atom stereocenters. The number of hydrogen-bond acceptors (Lipinski definition) is 5. The van der Waals surface area contributed by atoms with E-state index in [0.717, 1.165) is 4.88 Å². The van der Waals surface area contributed by atoms with Crippen molar-refractivity contribution in [3.05, 3.63) is 51.6 Å². The van der Waals surface area contributed by atoms with E-state index in [1.807, 2.05) is 17.5 Å². The van der Waals surface area contributed by atoms with E-state index in [9.17, 15) is 9.59 Å². The highest BCUT2D eigenvalue weighted by Gasteiger charge is 2.11. The summed E-state index contributed by atoms with van der Waals surface area (Å²) >= 11 is 1.44. The van der Waals surface area contributed by atoms with Gasteiger partial charge in [0, 0.05) is 0 Å². The second-order valence-corrected chi connectivity index (χ2v) is 5.06. The quantitative estimate of drug-likeness (QED) is 0.734. The van der Waals surface area contributed by atoms with Crippen molar-refractivity contribution in [3.63, 3.8) is 0 Å². The topological polar surface area (TPSA) is 72.1 Å². The summed E-state index contributed by atoms with van der Waals surface area (Å²) in [7, 11) is 1.32. The predicted molar refractivity (Wildman–Crippen MR) is 77.0 cm³/mol. The molecule has 0 aliphatic carbocycles. The third-order valence-corrected chi connectivity index (χ3v) is 3.75. The molecular weight excluding hydrogens is 276 g/mol. The minimum Gasteiger partial charge on any atom is -0.465 e. The maximum absolute atomic E-state index is 12.0. The molecule has 0 saturated carbocycles. The number of aromatic nitrogens is 2. The summed E-state index contributed by atoms with van der Waals surface area (Å²) < 4.78 is 4.67. The van der Waals surface area contributed by atoms with Crippen LogP contribution in [0.15, 0.2) is 40.5 Å². The summed E-state index contributed by atoms with van der Waals surface area (Å²) in [6.45, 7) is 0. The first-order valence-corrected chi connectivity index (χ1v) is 6.73. The van der Waals surface area contributed by atoms with Gasteiger partial charge in [-0.3, -0.25) is 4.79 Å². The smallest absolute Gasteiger partial charge is 0.337 e. The van der Waals surface area contributed by atoms with Crippen LogP contribution in [0.25, 0.3) is 21.6 Å². The maximum Gasteiger partial charge on any atom is 0.337 e. The van der Waals surface area contributed by atoms with Gasteiger partial charge < -0.3 is 9.72 Å². The van der Waals surface area contributed by atoms with Crippen molar-refractivity contribution in [2.75, 3.05) is 7.11 Å². The van der Waals surface area contributed by atoms with E-state index in [4.69, 9.17) is 0 Å². The number of H-pyrrole nitrogens is 1. The minimum atomic E-state index is -0.433. The Balaban J connectivity index is 2.22. The molecule has 1 N–H and O–H groups in total. The minimum absolute atomic E-state index is 0.245. The Bertz CT molecular complexity index is 837. The van der Waals surface area contributed by atoms with E-state index in [2.05, 4.69) is 14.7 Å². The zero-order valence-electron chi connectivity index (χ0n) is 10.5. The Hall–Kier alpha value is -2.47. The zero-order valence-corrected chi connectivity index (χ0v) is 11.4. The number of benzene rings is 1. The highest BCUT2D eigenvalue weighted by atomic mass is 32.1. The van der Waals surface area contributed by atoms with Crippen LogP contribution in [-0.4, -0.2) is 23.0 Å². The number of carbonyl (C=O) groups excluding carboxylic acids is 1. The molecule has 0 saturated heterocycles. The van der Waals surface area contributed by atoms with Crippen molar-refractivity contribution in [1.82, 2.24) is 9.97 Å². The molecule has 2 aromatic heterocycles. The normalized spacial score (nSPS) is 10.7. The van der Waals surface area contributed by atoms with E-state index >= 15 is 0 Å². The van der Waals surface area contributed by atoms with E-state index in [-0.39, 0.29) is 5.56 Å². The SMILES string of the molecule is COC(=O)c1ccc2[nH]c(=O)c(-c3cccs3)nc2c1. The fourth-order valence-electron chi connectivity index (χ4n) is 1.91. The molecule has 0 spiro atoms. The summed E-state index contributed by atoms with van der Waals surface area (Å²) in [5.74, 6) is -0.433. The lowest BCUT2D eigenvalue weighted by molar-refractivity contribution is 0.0601. The Morgan fingerprint density at radius 2 is 2.20 bits per heavy atom. The average Bonchev–Trinajstić information content (AvgIpc) is 2.99.